The van der Waals surface area contributed by atoms with Crippen LogP contribution in [0, 0.1) is 0 Å². The molecule has 0 saturated carbocycles. The van der Waals surface area contributed by atoms with Crippen molar-refractivity contribution < 1.29 is 0 Å². The van der Waals surface area contributed by atoms with Crippen molar-refractivity contribution in [3.05, 3.63) is 29.0 Å². The summed E-state index contributed by atoms with van der Waals surface area (Å²) in [5, 5.41) is 1.37. The van der Waals surface area contributed by atoms with Gasteiger partial charge in [0.05, 0.1) is 0 Å². The fourth-order valence-corrected chi connectivity index (χ4v) is 3.29. The Morgan fingerprint density at radius 2 is 2.44 bits per heavy atom. The number of pyridine rings is 1. The first-order chi connectivity index (χ1) is 7.78. The van der Waals surface area contributed by atoms with Crippen LogP contribution in [0.1, 0.15) is 18.9 Å². The minimum atomic E-state index is 0.574. The second kappa shape index (κ2) is 5.89. The molecule has 2 heterocycles. The van der Waals surface area contributed by atoms with E-state index in [1.165, 1.54) is 30.8 Å². The van der Waals surface area contributed by atoms with Crippen LogP contribution in [0.2, 0.25) is 5.15 Å². The molecule has 1 aliphatic heterocycles. The van der Waals surface area contributed by atoms with Crippen LogP contribution < -0.4 is 0 Å². The summed E-state index contributed by atoms with van der Waals surface area (Å²) in [5.74, 6) is 1.25. The number of hydrogen-bond donors (Lipinski definition) is 0. The van der Waals surface area contributed by atoms with E-state index in [4.69, 9.17) is 11.6 Å². The summed E-state index contributed by atoms with van der Waals surface area (Å²) in [4.78, 5) is 6.63. The van der Waals surface area contributed by atoms with Gasteiger partial charge in [0.15, 0.2) is 0 Å². The molecular formula is C12H17ClN2S. The van der Waals surface area contributed by atoms with Gasteiger partial charge >= 0.3 is 0 Å². The number of nitrogens with zero attached hydrogens (tertiary/aromatic N) is 2. The maximum Gasteiger partial charge on any atom is 0.129 e. The molecule has 0 radical (unpaired) electrons. The molecule has 1 atom stereocenters. The van der Waals surface area contributed by atoms with Gasteiger partial charge in [0, 0.05) is 36.8 Å². The van der Waals surface area contributed by atoms with E-state index in [1.807, 2.05) is 12.3 Å². The third-order valence-corrected chi connectivity index (χ3v) is 4.47. The molecule has 0 aliphatic carbocycles. The first-order valence-electron chi connectivity index (χ1n) is 5.72. The quantitative estimate of drug-likeness (QED) is 0.774. The van der Waals surface area contributed by atoms with Crippen molar-refractivity contribution in [3.8, 4) is 0 Å². The van der Waals surface area contributed by atoms with Crippen molar-refractivity contribution in [2.24, 2.45) is 0 Å². The van der Waals surface area contributed by atoms with Gasteiger partial charge in [0.1, 0.15) is 5.15 Å². The molecule has 1 aromatic heterocycles. The van der Waals surface area contributed by atoms with Crippen molar-refractivity contribution in [1.29, 1.82) is 0 Å². The fraction of sp³-hybridized carbons (Fsp3) is 0.583. The van der Waals surface area contributed by atoms with Gasteiger partial charge in [0.25, 0.3) is 0 Å². The minimum absolute atomic E-state index is 0.574. The van der Waals surface area contributed by atoms with Gasteiger partial charge in [-0.2, -0.15) is 11.8 Å². The largest absolute Gasteiger partial charge is 0.297 e. The van der Waals surface area contributed by atoms with E-state index in [0.29, 0.717) is 5.15 Å². The number of hydrogen-bond acceptors (Lipinski definition) is 3. The Kier molecular flexibility index (Phi) is 4.50. The number of halogens is 1. The van der Waals surface area contributed by atoms with Crippen molar-refractivity contribution in [3.63, 3.8) is 0 Å². The third kappa shape index (κ3) is 3.37. The highest BCUT2D eigenvalue weighted by atomic mass is 35.5. The molecule has 1 unspecified atom stereocenters. The monoisotopic (exact) mass is 256 g/mol. The molecule has 1 saturated heterocycles. The zero-order chi connectivity index (χ0) is 11.4. The standard InChI is InChI=1S/C12H17ClN2S/c1-2-11-9-15(5-6-16-11)8-10-3-4-12(13)14-7-10/h3-4,7,11H,2,5-6,8-9H2,1H3. The summed E-state index contributed by atoms with van der Waals surface area (Å²) in [7, 11) is 0. The molecule has 2 nitrogen and oxygen atoms in total. The molecule has 1 fully saturated rings. The van der Waals surface area contributed by atoms with Crippen LogP contribution in [-0.4, -0.2) is 34.0 Å². The van der Waals surface area contributed by atoms with E-state index in [-0.39, 0.29) is 0 Å². The van der Waals surface area contributed by atoms with E-state index in [1.54, 1.807) is 0 Å². The van der Waals surface area contributed by atoms with Gasteiger partial charge in [-0.1, -0.05) is 24.6 Å². The van der Waals surface area contributed by atoms with Gasteiger partial charge in [0.2, 0.25) is 0 Å². The Labute approximate surface area is 106 Å². The second-order valence-corrected chi connectivity index (χ2v) is 5.92. The summed E-state index contributed by atoms with van der Waals surface area (Å²) in [5.41, 5.74) is 1.26. The lowest BCUT2D eigenvalue weighted by atomic mass is 10.2. The van der Waals surface area contributed by atoms with Gasteiger partial charge in [-0.25, -0.2) is 4.98 Å². The highest BCUT2D eigenvalue weighted by molar-refractivity contribution is 8.00. The number of thioether (sulfide) groups is 1. The molecule has 16 heavy (non-hydrogen) atoms. The maximum absolute atomic E-state index is 5.77. The van der Waals surface area contributed by atoms with Crippen LogP contribution in [-0.2, 0) is 6.54 Å². The molecule has 1 aliphatic rings. The summed E-state index contributed by atoms with van der Waals surface area (Å²) in [6.45, 7) is 5.65. The fourth-order valence-electron chi connectivity index (χ4n) is 1.93. The SMILES string of the molecule is CCC1CN(Cc2ccc(Cl)nc2)CCS1. The Hall–Kier alpha value is -0.250. The first-order valence-corrected chi connectivity index (χ1v) is 7.15. The highest BCUT2D eigenvalue weighted by Gasteiger charge is 2.18. The molecule has 88 valence electrons. The van der Waals surface area contributed by atoms with Crippen LogP contribution in [0.3, 0.4) is 0 Å². The van der Waals surface area contributed by atoms with E-state index in [9.17, 15) is 0 Å². The zero-order valence-electron chi connectivity index (χ0n) is 9.53. The third-order valence-electron chi connectivity index (χ3n) is 2.87. The normalized spacial score (nSPS) is 22.2. The minimum Gasteiger partial charge on any atom is -0.297 e. The van der Waals surface area contributed by atoms with Crippen molar-refractivity contribution in [2.45, 2.75) is 25.1 Å². The Morgan fingerprint density at radius 1 is 1.56 bits per heavy atom. The van der Waals surface area contributed by atoms with Gasteiger partial charge < -0.3 is 0 Å². The lowest BCUT2D eigenvalue weighted by molar-refractivity contribution is 0.273. The molecule has 0 bridgehead atoms. The smallest absolute Gasteiger partial charge is 0.129 e. The molecule has 0 spiro atoms. The van der Waals surface area contributed by atoms with Crippen LogP contribution in [0.4, 0.5) is 0 Å². The van der Waals surface area contributed by atoms with Gasteiger partial charge in [-0.05, 0) is 18.1 Å². The molecule has 4 heteroatoms. The molecule has 0 N–H and O–H groups in total. The average Bonchev–Trinajstić information content (AvgIpc) is 2.32. The number of rotatable bonds is 3. The zero-order valence-corrected chi connectivity index (χ0v) is 11.1. The summed E-state index contributed by atoms with van der Waals surface area (Å²) in [6.07, 6.45) is 3.14. The summed E-state index contributed by atoms with van der Waals surface area (Å²) >= 11 is 7.87. The Balaban J connectivity index is 1.91. The Morgan fingerprint density at radius 3 is 3.12 bits per heavy atom. The van der Waals surface area contributed by atoms with Gasteiger partial charge in [-0.15, -0.1) is 0 Å². The van der Waals surface area contributed by atoms with Crippen molar-refractivity contribution in [1.82, 2.24) is 9.88 Å². The molecule has 1 aromatic rings. The summed E-state index contributed by atoms with van der Waals surface area (Å²) < 4.78 is 0. The van der Waals surface area contributed by atoms with E-state index >= 15 is 0 Å². The topological polar surface area (TPSA) is 16.1 Å². The molecular weight excluding hydrogens is 240 g/mol. The van der Waals surface area contributed by atoms with E-state index < -0.39 is 0 Å². The van der Waals surface area contributed by atoms with Crippen molar-refractivity contribution >= 4 is 23.4 Å². The van der Waals surface area contributed by atoms with Crippen molar-refractivity contribution in [2.75, 3.05) is 18.8 Å². The first kappa shape index (κ1) is 12.2. The van der Waals surface area contributed by atoms with E-state index in [2.05, 4.69) is 34.6 Å². The van der Waals surface area contributed by atoms with Crippen LogP contribution in [0.25, 0.3) is 0 Å². The van der Waals surface area contributed by atoms with E-state index in [0.717, 1.165) is 11.8 Å². The number of aromatic nitrogens is 1. The predicted octanol–water partition coefficient (Wildman–Crippen LogP) is 3.06. The Bertz CT molecular complexity index is 328. The van der Waals surface area contributed by atoms with Crippen LogP contribution in [0.15, 0.2) is 18.3 Å². The molecule has 2 rings (SSSR count). The lowest BCUT2D eigenvalue weighted by Crippen LogP contribution is -2.37. The lowest BCUT2D eigenvalue weighted by Gasteiger charge is -2.31. The molecule has 0 amide bonds. The predicted molar refractivity (Wildman–Crippen MR) is 71.1 cm³/mol. The van der Waals surface area contributed by atoms with Gasteiger partial charge in [-0.3, -0.25) is 4.90 Å². The van der Waals surface area contributed by atoms with Crippen LogP contribution >= 0.6 is 23.4 Å². The highest BCUT2D eigenvalue weighted by Crippen LogP contribution is 2.22. The maximum atomic E-state index is 5.77. The van der Waals surface area contributed by atoms with Crippen LogP contribution in [0.5, 0.6) is 0 Å². The summed E-state index contributed by atoms with van der Waals surface area (Å²) in [6, 6.07) is 3.94. The average molecular weight is 257 g/mol. The second-order valence-electron chi connectivity index (χ2n) is 4.13. The molecule has 0 aromatic carbocycles.